The molecule has 0 spiro atoms. The van der Waals surface area contributed by atoms with Gasteiger partial charge in [-0.05, 0) is 55.4 Å². The summed E-state index contributed by atoms with van der Waals surface area (Å²) in [6.07, 6.45) is 12.5. The first-order chi connectivity index (χ1) is 25.7. The quantitative estimate of drug-likeness (QED) is 0.173. The number of amides is 2. The van der Waals surface area contributed by atoms with E-state index in [9.17, 15) is 28.8 Å². The molecule has 5 rings (SSSR count). The molecular formula is C41H54ClN5O7. The molecule has 3 aliphatic rings. The summed E-state index contributed by atoms with van der Waals surface area (Å²) in [4.78, 5) is 96.7. The van der Waals surface area contributed by atoms with E-state index in [-0.39, 0.29) is 73.1 Å². The minimum Gasteiger partial charge on any atom is -0.472 e. The fourth-order valence-corrected chi connectivity index (χ4v) is 7.96. The molecule has 1 N–H and O–H groups in total. The molecule has 5 atom stereocenters. The summed E-state index contributed by atoms with van der Waals surface area (Å²) in [6.45, 7) is 7.62. The van der Waals surface area contributed by atoms with Crippen LogP contribution in [0, 0.1) is 29.1 Å². The summed E-state index contributed by atoms with van der Waals surface area (Å²) in [6, 6.07) is 1.49. The molecule has 2 aliphatic carbocycles. The third-order valence-corrected chi connectivity index (χ3v) is 11.3. The highest BCUT2D eigenvalue weighted by atomic mass is 35.5. The lowest BCUT2D eigenvalue weighted by atomic mass is 9.74. The third-order valence-electron chi connectivity index (χ3n) is 11.1. The molecule has 292 valence electrons. The van der Waals surface area contributed by atoms with Gasteiger partial charge in [-0.15, -0.1) is 0 Å². The number of ether oxygens (including phenoxy) is 1. The molecule has 3 heterocycles. The molecule has 1 aliphatic heterocycles. The Kier molecular flexibility index (Phi) is 14.1. The number of ketones is 4. The zero-order valence-corrected chi connectivity index (χ0v) is 32.7. The van der Waals surface area contributed by atoms with Crippen LogP contribution in [0.15, 0.2) is 36.9 Å². The van der Waals surface area contributed by atoms with Crippen molar-refractivity contribution < 1.29 is 33.5 Å². The van der Waals surface area contributed by atoms with Gasteiger partial charge in [0.1, 0.15) is 11.8 Å². The van der Waals surface area contributed by atoms with Crippen molar-refractivity contribution in [2.24, 2.45) is 29.1 Å². The van der Waals surface area contributed by atoms with Crippen LogP contribution in [-0.4, -0.2) is 79.5 Å². The second-order valence-corrected chi connectivity index (χ2v) is 16.9. The molecule has 3 fully saturated rings. The molecule has 0 aromatic carbocycles. The number of Topliss-reactive ketones (excluding diaryl/α,β-unsaturated/α-hetero) is 4. The van der Waals surface area contributed by atoms with E-state index in [1.54, 1.807) is 12.1 Å². The predicted octanol–water partition coefficient (Wildman–Crippen LogP) is 6.19. The Morgan fingerprint density at radius 2 is 1.70 bits per heavy atom. The maximum atomic E-state index is 14.8. The predicted molar refractivity (Wildman–Crippen MR) is 202 cm³/mol. The number of nitrogens with zero attached hydrogens (tertiary/aromatic N) is 4. The van der Waals surface area contributed by atoms with Crippen LogP contribution in [0.2, 0.25) is 5.02 Å². The number of likely N-dealkylation sites (tertiary alicyclic amines) is 1. The lowest BCUT2D eigenvalue weighted by molar-refractivity contribution is -0.147. The van der Waals surface area contributed by atoms with Gasteiger partial charge in [-0.3, -0.25) is 33.8 Å². The minimum atomic E-state index is -0.939. The number of halogens is 1. The van der Waals surface area contributed by atoms with Crippen LogP contribution >= 0.6 is 11.6 Å². The van der Waals surface area contributed by atoms with E-state index in [2.05, 4.69) is 20.3 Å². The second-order valence-electron chi connectivity index (χ2n) is 16.4. The maximum Gasteiger partial charge on any atom is 0.272 e. The van der Waals surface area contributed by atoms with Crippen LogP contribution in [-0.2, 0) is 24.0 Å². The average molecular weight is 764 g/mol. The molecule has 2 saturated carbocycles. The summed E-state index contributed by atoms with van der Waals surface area (Å²) in [5.74, 6) is -3.57. The number of rotatable bonds is 18. The van der Waals surface area contributed by atoms with Gasteiger partial charge in [0.25, 0.3) is 5.91 Å². The fourth-order valence-electron chi connectivity index (χ4n) is 7.85. The number of carbonyl (C=O) groups excluding carboxylic acids is 6. The standard InChI is InChI=1S/C41H54ClN5O7/c1-5-9-27(38(51)35(50)18-25-12-13-25)19-33(48)32-20-29(54-36-15-14-28(42)22-45-36)24-47(32)40(53)30(41(2,3)4)21-34(49)37(26-10-7-6-8-11-26)46-39(52)31-23-43-16-17-44-31/h14-17,22-23,25-27,29-30,32,37H,5-13,18-21,24H2,1-4H3,(H,46,52)/t27-,29+,30+,32-,37-/m0/s1. The molecule has 12 nitrogen and oxygen atoms in total. The monoisotopic (exact) mass is 763 g/mol. The zero-order valence-electron chi connectivity index (χ0n) is 31.9. The minimum absolute atomic E-state index is 0.0583. The Morgan fingerprint density at radius 3 is 2.31 bits per heavy atom. The van der Waals surface area contributed by atoms with Gasteiger partial charge in [0.05, 0.1) is 29.8 Å². The van der Waals surface area contributed by atoms with Gasteiger partial charge < -0.3 is 15.0 Å². The highest BCUT2D eigenvalue weighted by molar-refractivity contribution is 6.38. The van der Waals surface area contributed by atoms with Gasteiger partial charge in [0, 0.05) is 62.2 Å². The molecule has 13 heteroatoms. The Labute approximate surface area is 323 Å². The smallest absolute Gasteiger partial charge is 0.272 e. The molecule has 2 amide bonds. The van der Waals surface area contributed by atoms with Crippen molar-refractivity contribution >= 4 is 46.5 Å². The fraction of sp³-hybridized carbons (Fsp3) is 0.634. The van der Waals surface area contributed by atoms with Gasteiger partial charge in [-0.25, -0.2) is 9.97 Å². The first kappa shape index (κ1) is 41.1. The Bertz CT molecular complexity index is 1650. The first-order valence-electron chi connectivity index (χ1n) is 19.5. The van der Waals surface area contributed by atoms with Crippen molar-refractivity contribution in [2.75, 3.05) is 6.54 Å². The van der Waals surface area contributed by atoms with E-state index >= 15 is 0 Å². The molecule has 1 saturated heterocycles. The number of hydrogen-bond acceptors (Lipinski definition) is 10. The van der Waals surface area contributed by atoms with Crippen molar-refractivity contribution in [3.05, 3.63) is 47.6 Å². The average Bonchev–Trinajstić information content (AvgIpc) is 3.88. The van der Waals surface area contributed by atoms with Crippen LogP contribution in [0.5, 0.6) is 5.88 Å². The van der Waals surface area contributed by atoms with E-state index in [4.69, 9.17) is 16.3 Å². The largest absolute Gasteiger partial charge is 0.472 e. The Balaban J connectivity index is 1.39. The van der Waals surface area contributed by atoms with E-state index in [0.29, 0.717) is 17.9 Å². The lowest BCUT2D eigenvalue weighted by Gasteiger charge is -2.36. The number of carbonyl (C=O) groups is 6. The van der Waals surface area contributed by atoms with Crippen LogP contribution in [0.4, 0.5) is 0 Å². The van der Waals surface area contributed by atoms with Crippen molar-refractivity contribution in [3.8, 4) is 5.88 Å². The van der Waals surface area contributed by atoms with Gasteiger partial charge >= 0.3 is 0 Å². The Hall–Kier alpha value is -4.06. The lowest BCUT2D eigenvalue weighted by Crippen LogP contribution is -2.51. The molecule has 2 aromatic rings. The maximum absolute atomic E-state index is 14.8. The SMILES string of the molecule is CCC[C@@H](CC(=O)[C@@H]1C[C@@H](Oc2ccc(Cl)cn2)CN1C(=O)[C@@H](CC(=O)[C@@H](NC(=O)c1cnccn1)C1CCCCC1)C(C)(C)C)C(=O)C(=O)CC1CC1. The summed E-state index contributed by atoms with van der Waals surface area (Å²) in [7, 11) is 0. The normalized spacial score (nSPS) is 20.8. The van der Waals surface area contributed by atoms with Crippen molar-refractivity contribution in [3.63, 3.8) is 0 Å². The van der Waals surface area contributed by atoms with Crippen LogP contribution in [0.1, 0.15) is 122 Å². The first-order valence-corrected chi connectivity index (χ1v) is 19.9. The molecule has 54 heavy (non-hydrogen) atoms. The van der Waals surface area contributed by atoms with Gasteiger partial charge in [0.2, 0.25) is 17.6 Å². The van der Waals surface area contributed by atoms with Crippen molar-refractivity contribution in [1.29, 1.82) is 0 Å². The molecule has 0 unspecified atom stereocenters. The van der Waals surface area contributed by atoms with Crippen LogP contribution in [0.3, 0.4) is 0 Å². The highest BCUT2D eigenvalue weighted by Crippen LogP contribution is 2.37. The van der Waals surface area contributed by atoms with Crippen LogP contribution in [0.25, 0.3) is 0 Å². The zero-order chi connectivity index (χ0) is 39.0. The molecule has 0 bridgehead atoms. The second kappa shape index (κ2) is 18.5. The number of hydrogen-bond donors (Lipinski definition) is 1. The molecule has 2 aromatic heterocycles. The van der Waals surface area contributed by atoms with Gasteiger partial charge in [0.15, 0.2) is 17.3 Å². The van der Waals surface area contributed by atoms with E-state index < -0.39 is 52.9 Å². The molecular weight excluding hydrogens is 710 g/mol. The third kappa shape index (κ3) is 11.0. The molecule has 0 radical (unpaired) electrons. The van der Waals surface area contributed by atoms with Gasteiger partial charge in [-0.1, -0.05) is 65.0 Å². The number of aromatic nitrogens is 3. The number of pyridine rings is 1. The van der Waals surface area contributed by atoms with Crippen molar-refractivity contribution in [1.82, 2.24) is 25.2 Å². The van der Waals surface area contributed by atoms with E-state index in [1.165, 1.54) is 29.7 Å². The summed E-state index contributed by atoms with van der Waals surface area (Å²) in [5, 5.41) is 3.37. The van der Waals surface area contributed by atoms with Gasteiger partial charge in [-0.2, -0.15) is 0 Å². The van der Waals surface area contributed by atoms with Crippen molar-refractivity contribution in [2.45, 2.75) is 129 Å². The van der Waals surface area contributed by atoms with E-state index in [1.807, 2.05) is 27.7 Å². The topological polar surface area (TPSA) is 166 Å². The van der Waals surface area contributed by atoms with Crippen LogP contribution < -0.4 is 10.1 Å². The van der Waals surface area contributed by atoms with E-state index in [0.717, 1.165) is 44.9 Å². The Morgan fingerprint density at radius 1 is 0.963 bits per heavy atom. The number of nitrogens with one attached hydrogen (secondary N) is 1. The summed E-state index contributed by atoms with van der Waals surface area (Å²) < 4.78 is 6.17. The summed E-state index contributed by atoms with van der Waals surface area (Å²) >= 11 is 6.04. The summed E-state index contributed by atoms with van der Waals surface area (Å²) in [5.41, 5.74) is -0.609. The highest BCUT2D eigenvalue weighted by Gasteiger charge is 2.47.